The number of hydrogen-bond acceptors (Lipinski definition) is 4. The van der Waals surface area contributed by atoms with Crippen LogP contribution >= 0.6 is 27.7 Å². The molecule has 43 heavy (non-hydrogen) atoms. The normalized spacial score (nSPS) is 21.8. The summed E-state index contributed by atoms with van der Waals surface area (Å²) in [5.41, 5.74) is 4.76. The van der Waals surface area contributed by atoms with E-state index in [4.69, 9.17) is 9.73 Å². The number of thioether (sulfide) groups is 1. The van der Waals surface area contributed by atoms with Crippen LogP contribution in [0, 0.1) is 0 Å². The Kier molecular flexibility index (Phi) is 7.37. The monoisotopic (exact) mass is 653 g/mol. The fourth-order valence-corrected chi connectivity index (χ4v) is 8.00. The van der Waals surface area contributed by atoms with Crippen molar-refractivity contribution < 1.29 is 14.6 Å². The Balaban J connectivity index is 1.67. The molecule has 0 unspecified atom stereocenters. The molecule has 6 rings (SSSR count). The fourth-order valence-electron chi connectivity index (χ4n) is 6.23. The molecule has 0 fully saturated rings. The first kappa shape index (κ1) is 29.7. The van der Waals surface area contributed by atoms with Crippen LogP contribution in [0.3, 0.4) is 0 Å². The molecular weight excluding hydrogens is 618 g/mol. The van der Waals surface area contributed by atoms with Gasteiger partial charge in [0.1, 0.15) is 22.6 Å². The summed E-state index contributed by atoms with van der Waals surface area (Å²) in [6, 6.07) is 30.1. The van der Waals surface area contributed by atoms with Gasteiger partial charge in [0.25, 0.3) is 5.91 Å². The average Bonchev–Trinajstić information content (AvgIpc) is 3.29. The number of carbonyl (C=O) groups is 1. The number of amides is 1. The lowest BCUT2D eigenvalue weighted by Gasteiger charge is -2.46. The summed E-state index contributed by atoms with van der Waals surface area (Å²) in [5.74, 6) is 0.437. The highest BCUT2D eigenvalue weighted by molar-refractivity contribution is 9.10. The minimum absolute atomic E-state index is 0.216. The standard InChI is InChI=1S/C37H36BrNO3S/c1-35(2,3)27-20-24(21-28(31(27)40)36(4,5)6)30-26-14-10-11-15-29(26)42-32(22-16-18-25(38)19-17-22)37(30)34(41)39-33(43-37)23-12-8-7-9-13-23/h7-21,30,32,40H,1-6H3/t30-,32-,37-/m1/s1. The summed E-state index contributed by atoms with van der Waals surface area (Å²) in [4.78, 5) is 19.4. The van der Waals surface area contributed by atoms with Crippen molar-refractivity contribution in [2.45, 2.75) is 69.1 Å². The summed E-state index contributed by atoms with van der Waals surface area (Å²) in [5, 5.41) is 12.3. The molecular formula is C37H36BrNO3S. The van der Waals surface area contributed by atoms with Gasteiger partial charge in [-0.1, -0.05) is 142 Å². The van der Waals surface area contributed by atoms with Crippen LogP contribution < -0.4 is 4.74 Å². The number of rotatable bonds is 3. The van der Waals surface area contributed by atoms with Gasteiger partial charge in [-0.3, -0.25) is 4.79 Å². The van der Waals surface area contributed by atoms with Crippen LogP contribution in [0.5, 0.6) is 11.5 Å². The van der Waals surface area contributed by atoms with Crippen molar-refractivity contribution in [2.24, 2.45) is 4.99 Å². The maximum atomic E-state index is 14.7. The second-order valence-electron chi connectivity index (χ2n) is 13.5. The molecule has 0 radical (unpaired) electrons. The lowest BCUT2D eigenvalue weighted by Crippen LogP contribution is -2.49. The van der Waals surface area contributed by atoms with Crippen LogP contribution in [-0.4, -0.2) is 20.8 Å². The molecule has 0 aromatic heterocycles. The quantitative estimate of drug-likeness (QED) is 0.239. The Morgan fingerprint density at radius 2 is 1.40 bits per heavy atom. The van der Waals surface area contributed by atoms with Crippen LogP contribution in [0.15, 0.2) is 100 Å². The number of ether oxygens (including phenoxy) is 1. The lowest BCUT2D eigenvalue weighted by molar-refractivity contribution is -0.123. The number of phenols is 1. The molecule has 2 aliphatic heterocycles. The van der Waals surface area contributed by atoms with Gasteiger partial charge in [0.05, 0.1) is 0 Å². The molecule has 4 nitrogen and oxygen atoms in total. The van der Waals surface area contributed by atoms with E-state index in [1.54, 1.807) is 0 Å². The van der Waals surface area contributed by atoms with Crippen molar-refractivity contribution in [2.75, 3.05) is 0 Å². The average molecular weight is 655 g/mol. The molecule has 0 saturated carbocycles. The van der Waals surface area contributed by atoms with Crippen molar-refractivity contribution in [3.8, 4) is 11.5 Å². The first-order valence-corrected chi connectivity index (χ1v) is 16.2. The number of aliphatic imine (C=N–C) groups is 1. The van der Waals surface area contributed by atoms with E-state index >= 15 is 0 Å². The zero-order valence-electron chi connectivity index (χ0n) is 25.3. The van der Waals surface area contributed by atoms with E-state index in [9.17, 15) is 9.90 Å². The Morgan fingerprint density at radius 3 is 2.00 bits per heavy atom. The number of aromatic hydroxyl groups is 1. The van der Waals surface area contributed by atoms with E-state index in [-0.39, 0.29) is 16.7 Å². The zero-order valence-corrected chi connectivity index (χ0v) is 27.7. The van der Waals surface area contributed by atoms with Crippen LogP contribution in [0.4, 0.5) is 0 Å². The highest BCUT2D eigenvalue weighted by atomic mass is 79.9. The van der Waals surface area contributed by atoms with Crippen LogP contribution in [-0.2, 0) is 15.6 Å². The van der Waals surface area contributed by atoms with E-state index in [0.717, 1.165) is 43.6 Å². The van der Waals surface area contributed by atoms with Crippen molar-refractivity contribution in [3.63, 3.8) is 0 Å². The van der Waals surface area contributed by atoms with Gasteiger partial charge in [-0.15, -0.1) is 0 Å². The van der Waals surface area contributed by atoms with E-state index in [1.807, 2.05) is 72.8 Å². The third-order valence-electron chi connectivity index (χ3n) is 8.37. The molecule has 0 saturated heterocycles. The minimum Gasteiger partial charge on any atom is -0.507 e. The maximum Gasteiger partial charge on any atom is 0.268 e. The fraction of sp³-hybridized carbons (Fsp3) is 0.297. The molecule has 6 heteroatoms. The third kappa shape index (κ3) is 5.12. The van der Waals surface area contributed by atoms with Gasteiger partial charge < -0.3 is 9.84 Å². The summed E-state index contributed by atoms with van der Waals surface area (Å²) in [6.07, 6.45) is -0.618. The van der Waals surface area contributed by atoms with Gasteiger partial charge in [0, 0.05) is 21.5 Å². The van der Waals surface area contributed by atoms with Gasteiger partial charge >= 0.3 is 0 Å². The summed E-state index contributed by atoms with van der Waals surface area (Å²) in [7, 11) is 0. The zero-order chi connectivity index (χ0) is 30.7. The largest absolute Gasteiger partial charge is 0.507 e. The number of nitrogens with zero attached hydrogens (tertiary/aromatic N) is 1. The number of fused-ring (bicyclic) bond motifs is 1. The van der Waals surface area contributed by atoms with Crippen molar-refractivity contribution in [1.82, 2.24) is 0 Å². The summed E-state index contributed by atoms with van der Waals surface area (Å²) < 4.78 is 6.66. The molecule has 4 aromatic carbocycles. The van der Waals surface area contributed by atoms with Crippen molar-refractivity contribution in [3.05, 3.63) is 129 Å². The number of hydrogen-bond donors (Lipinski definition) is 1. The highest BCUT2D eigenvalue weighted by Gasteiger charge is 2.62. The predicted molar refractivity (Wildman–Crippen MR) is 180 cm³/mol. The first-order chi connectivity index (χ1) is 20.3. The Hall–Kier alpha value is -3.35. The number of benzene rings is 4. The Morgan fingerprint density at radius 1 is 0.814 bits per heavy atom. The topological polar surface area (TPSA) is 58.9 Å². The second kappa shape index (κ2) is 10.7. The number of carbonyl (C=O) groups excluding carboxylic acids is 1. The van der Waals surface area contributed by atoms with Gasteiger partial charge in [0.15, 0.2) is 4.75 Å². The molecule has 0 bridgehead atoms. The molecule has 4 aromatic rings. The molecule has 1 N–H and O–H groups in total. The maximum absolute atomic E-state index is 14.7. The lowest BCUT2D eigenvalue weighted by atomic mass is 9.70. The van der Waals surface area contributed by atoms with Crippen LogP contribution in [0.25, 0.3) is 0 Å². The predicted octanol–water partition coefficient (Wildman–Crippen LogP) is 9.47. The SMILES string of the molecule is CC(C)(C)c1cc([C@@H]2c3ccccc3O[C@H](c3ccc(Br)cc3)[C@]23SC(c2ccccc2)=NC3=O)cc(C(C)(C)C)c1O. The van der Waals surface area contributed by atoms with E-state index in [2.05, 4.69) is 75.7 Å². The number of phenolic OH excluding ortho intramolecular Hbond substituents is 1. The molecule has 220 valence electrons. The second-order valence-corrected chi connectivity index (χ2v) is 15.7. The van der Waals surface area contributed by atoms with Gasteiger partial charge in [-0.2, -0.15) is 0 Å². The van der Waals surface area contributed by atoms with Crippen molar-refractivity contribution in [1.29, 1.82) is 0 Å². The third-order valence-corrected chi connectivity index (χ3v) is 10.4. The summed E-state index contributed by atoms with van der Waals surface area (Å²) >= 11 is 5.07. The Bertz CT molecular complexity index is 1700. The van der Waals surface area contributed by atoms with Gasteiger partial charge in [-0.25, -0.2) is 4.99 Å². The highest BCUT2D eigenvalue weighted by Crippen LogP contribution is 2.61. The number of halogens is 1. The smallest absolute Gasteiger partial charge is 0.268 e. The molecule has 1 amide bonds. The van der Waals surface area contributed by atoms with Crippen molar-refractivity contribution >= 4 is 38.6 Å². The van der Waals surface area contributed by atoms with Gasteiger partial charge in [-0.05, 0) is 51.3 Å². The molecule has 1 spiro atoms. The first-order valence-electron chi connectivity index (χ1n) is 14.6. The molecule has 3 atom stereocenters. The van der Waals surface area contributed by atoms with E-state index in [0.29, 0.717) is 10.8 Å². The van der Waals surface area contributed by atoms with Crippen LogP contribution in [0.2, 0.25) is 0 Å². The minimum atomic E-state index is -1.13. The molecule has 2 heterocycles. The van der Waals surface area contributed by atoms with E-state index in [1.165, 1.54) is 11.8 Å². The molecule has 2 aliphatic rings. The van der Waals surface area contributed by atoms with Crippen LogP contribution in [0.1, 0.15) is 86.9 Å². The number of para-hydroxylation sites is 1. The summed E-state index contributed by atoms with van der Waals surface area (Å²) in [6.45, 7) is 12.7. The Labute approximate surface area is 266 Å². The van der Waals surface area contributed by atoms with Gasteiger partial charge in [0.2, 0.25) is 0 Å². The van der Waals surface area contributed by atoms with E-state index < -0.39 is 16.8 Å². The molecule has 0 aliphatic carbocycles.